The van der Waals surface area contributed by atoms with E-state index in [2.05, 4.69) is 10.3 Å². The second kappa shape index (κ2) is 4.49. The van der Waals surface area contributed by atoms with E-state index in [-0.39, 0.29) is 5.69 Å². The molecule has 5 nitrogen and oxygen atoms in total. The summed E-state index contributed by atoms with van der Waals surface area (Å²) in [5.74, 6) is 1.27. The molecule has 3 rings (SSSR count). The Kier molecular flexibility index (Phi) is 2.83. The summed E-state index contributed by atoms with van der Waals surface area (Å²) in [6, 6.07) is 5.68. The molecule has 18 heavy (non-hydrogen) atoms. The fourth-order valence-corrected chi connectivity index (χ4v) is 2.65. The summed E-state index contributed by atoms with van der Waals surface area (Å²) >= 11 is 0. The molecule has 1 aromatic heterocycles. The van der Waals surface area contributed by atoms with Gasteiger partial charge < -0.3 is 15.0 Å². The van der Waals surface area contributed by atoms with Crippen LogP contribution < -0.4 is 15.7 Å². The van der Waals surface area contributed by atoms with Crippen LogP contribution in [0.4, 0.5) is 0 Å². The quantitative estimate of drug-likeness (QED) is 0.849. The van der Waals surface area contributed by atoms with Crippen molar-refractivity contribution in [3.63, 3.8) is 0 Å². The molecule has 1 aromatic carbocycles. The van der Waals surface area contributed by atoms with Crippen molar-refractivity contribution in [1.29, 1.82) is 0 Å². The lowest BCUT2D eigenvalue weighted by atomic mass is 10.1. The van der Waals surface area contributed by atoms with Crippen LogP contribution in [-0.2, 0) is 6.54 Å². The summed E-state index contributed by atoms with van der Waals surface area (Å²) in [6.45, 7) is 2.76. The first-order valence-corrected chi connectivity index (χ1v) is 6.26. The minimum Gasteiger partial charge on any atom is -0.494 e. The van der Waals surface area contributed by atoms with Crippen molar-refractivity contribution in [2.45, 2.75) is 13.0 Å². The Balaban J connectivity index is 2.08. The highest BCUT2D eigenvalue weighted by atomic mass is 16.5. The number of aromatic nitrogens is 2. The maximum absolute atomic E-state index is 12.0. The van der Waals surface area contributed by atoms with Gasteiger partial charge in [-0.25, -0.2) is 4.79 Å². The van der Waals surface area contributed by atoms with Gasteiger partial charge in [-0.05, 0) is 37.6 Å². The molecular formula is C13H17N3O2. The Morgan fingerprint density at radius 3 is 3.11 bits per heavy atom. The number of para-hydroxylation sites is 1. The predicted molar refractivity (Wildman–Crippen MR) is 70.1 cm³/mol. The van der Waals surface area contributed by atoms with Crippen molar-refractivity contribution >= 4 is 11.0 Å². The molecular weight excluding hydrogens is 230 g/mol. The molecule has 1 unspecified atom stereocenters. The number of H-pyrrole nitrogens is 1. The number of rotatable bonds is 3. The largest absolute Gasteiger partial charge is 0.494 e. The number of hydrogen-bond donors (Lipinski definition) is 2. The normalized spacial score (nSPS) is 19.5. The van der Waals surface area contributed by atoms with Crippen molar-refractivity contribution in [2.75, 3.05) is 20.2 Å². The van der Waals surface area contributed by atoms with E-state index in [1.54, 1.807) is 11.7 Å². The van der Waals surface area contributed by atoms with Gasteiger partial charge in [0.15, 0.2) is 0 Å². The van der Waals surface area contributed by atoms with Crippen molar-refractivity contribution in [1.82, 2.24) is 14.9 Å². The lowest BCUT2D eigenvalue weighted by molar-refractivity contribution is 0.413. The van der Waals surface area contributed by atoms with Crippen molar-refractivity contribution in [3.05, 3.63) is 28.7 Å². The number of fused-ring (bicyclic) bond motifs is 1. The highest BCUT2D eigenvalue weighted by Crippen LogP contribution is 2.24. The van der Waals surface area contributed by atoms with Crippen LogP contribution in [0.1, 0.15) is 6.42 Å². The van der Waals surface area contributed by atoms with E-state index in [9.17, 15) is 4.79 Å². The molecule has 0 radical (unpaired) electrons. The molecule has 2 N–H and O–H groups in total. The fourth-order valence-electron chi connectivity index (χ4n) is 2.65. The number of nitrogens with one attached hydrogen (secondary N) is 2. The summed E-state index contributed by atoms with van der Waals surface area (Å²) in [6.07, 6.45) is 1.12. The van der Waals surface area contributed by atoms with E-state index >= 15 is 0 Å². The second-order valence-corrected chi connectivity index (χ2v) is 4.76. The number of benzene rings is 1. The van der Waals surface area contributed by atoms with Gasteiger partial charge in [0.25, 0.3) is 0 Å². The molecule has 0 saturated carbocycles. The van der Waals surface area contributed by atoms with E-state index in [0.29, 0.717) is 5.92 Å². The molecule has 0 bridgehead atoms. The molecule has 5 heteroatoms. The van der Waals surface area contributed by atoms with Gasteiger partial charge in [-0.2, -0.15) is 0 Å². The Hall–Kier alpha value is -1.75. The highest BCUT2D eigenvalue weighted by molar-refractivity contribution is 5.81. The zero-order chi connectivity index (χ0) is 12.5. The summed E-state index contributed by atoms with van der Waals surface area (Å²) in [5, 5.41) is 3.32. The van der Waals surface area contributed by atoms with Crippen LogP contribution in [0.2, 0.25) is 0 Å². The average molecular weight is 247 g/mol. The van der Waals surface area contributed by atoms with Gasteiger partial charge in [0.2, 0.25) is 0 Å². The number of hydrogen-bond acceptors (Lipinski definition) is 3. The molecule has 1 aliphatic rings. The third-order valence-electron chi connectivity index (χ3n) is 3.58. The molecule has 2 heterocycles. The van der Waals surface area contributed by atoms with E-state index in [4.69, 9.17) is 4.74 Å². The van der Waals surface area contributed by atoms with Gasteiger partial charge in [-0.3, -0.25) is 4.57 Å². The maximum Gasteiger partial charge on any atom is 0.326 e. The number of aromatic amines is 1. The lowest BCUT2D eigenvalue weighted by Gasteiger charge is -2.11. The zero-order valence-electron chi connectivity index (χ0n) is 10.4. The van der Waals surface area contributed by atoms with Crippen LogP contribution in [0.15, 0.2) is 23.0 Å². The molecule has 0 aliphatic carbocycles. The minimum absolute atomic E-state index is 0.0543. The molecule has 2 aromatic rings. The van der Waals surface area contributed by atoms with Crippen LogP contribution in [0.25, 0.3) is 11.0 Å². The standard InChI is InChI=1S/C13H17N3O2/c1-18-11-4-2-3-10-12(11)16(13(17)15-10)8-9-5-6-14-7-9/h2-4,9,14H,5-8H2,1H3,(H,15,17). The van der Waals surface area contributed by atoms with Crippen molar-refractivity contribution < 1.29 is 4.74 Å². The van der Waals surface area contributed by atoms with Gasteiger partial charge in [0.1, 0.15) is 11.3 Å². The molecule has 0 amide bonds. The lowest BCUT2D eigenvalue weighted by Crippen LogP contribution is -2.23. The van der Waals surface area contributed by atoms with Gasteiger partial charge in [0.05, 0.1) is 12.6 Å². The number of methoxy groups -OCH3 is 1. The van der Waals surface area contributed by atoms with Crippen molar-refractivity contribution in [3.8, 4) is 5.75 Å². The third-order valence-corrected chi connectivity index (χ3v) is 3.58. The fraction of sp³-hybridized carbons (Fsp3) is 0.462. The maximum atomic E-state index is 12.0. The Labute approximate surface area is 105 Å². The first-order valence-electron chi connectivity index (χ1n) is 6.26. The molecule has 0 spiro atoms. The third kappa shape index (κ3) is 1.80. The summed E-state index contributed by atoms with van der Waals surface area (Å²) in [7, 11) is 1.63. The Morgan fingerprint density at radius 2 is 2.39 bits per heavy atom. The average Bonchev–Trinajstić information content (AvgIpc) is 2.98. The Bertz CT molecular complexity index is 608. The van der Waals surface area contributed by atoms with E-state index in [1.165, 1.54) is 0 Å². The smallest absolute Gasteiger partial charge is 0.326 e. The van der Waals surface area contributed by atoms with Crippen LogP contribution in [0.5, 0.6) is 5.75 Å². The minimum atomic E-state index is -0.0543. The van der Waals surface area contributed by atoms with E-state index in [1.807, 2.05) is 18.2 Å². The first-order chi connectivity index (χ1) is 8.79. The highest BCUT2D eigenvalue weighted by Gasteiger charge is 2.19. The predicted octanol–water partition coefficient (Wildman–Crippen LogP) is 0.948. The SMILES string of the molecule is COc1cccc2[nH]c(=O)n(CC3CCNC3)c12. The zero-order valence-corrected chi connectivity index (χ0v) is 10.4. The van der Waals surface area contributed by atoms with Gasteiger partial charge in [-0.15, -0.1) is 0 Å². The molecule has 96 valence electrons. The van der Waals surface area contributed by atoms with E-state index < -0.39 is 0 Å². The summed E-state index contributed by atoms with van der Waals surface area (Å²) in [5.41, 5.74) is 1.66. The van der Waals surface area contributed by atoms with Gasteiger partial charge in [-0.1, -0.05) is 6.07 Å². The molecule has 1 atom stereocenters. The summed E-state index contributed by atoms with van der Waals surface area (Å²) < 4.78 is 7.15. The monoisotopic (exact) mass is 247 g/mol. The van der Waals surface area contributed by atoms with Crippen LogP contribution in [0.3, 0.4) is 0 Å². The number of imidazole rings is 1. The number of ether oxygens (including phenoxy) is 1. The molecule has 1 aliphatic heterocycles. The van der Waals surface area contributed by atoms with Gasteiger partial charge in [0, 0.05) is 6.54 Å². The van der Waals surface area contributed by atoms with Gasteiger partial charge >= 0.3 is 5.69 Å². The topological polar surface area (TPSA) is 59.1 Å². The van der Waals surface area contributed by atoms with Crippen molar-refractivity contribution in [2.24, 2.45) is 5.92 Å². The second-order valence-electron chi connectivity index (χ2n) is 4.76. The Morgan fingerprint density at radius 1 is 1.50 bits per heavy atom. The van der Waals surface area contributed by atoms with Crippen LogP contribution in [0, 0.1) is 5.92 Å². The molecule has 1 fully saturated rings. The number of nitrogens with zero attached hydrogens (tertiary/aromatic N) is 1. The van der Waals surface area contributed by atoms with Crippen LogP contribution >= 0.6 is 0 Å². The van der Waals surface area contributed by atoms with E-state index in [0.717, 1.165) is 42.8 Å². The first kappa shape index (κ1) is 11.3. The van der Waals surface area contributed by atoms with Crippen LogP contribution in [-0.4, -0.2) is 29.8 Å². The summed E-state index contributed by atoms with van der Waals surface area (Å²) in [4.78, 5) is 14.9. The molecule has 1 saturated heterocycles.